The number of aromatic amines is 1. The van der Waals surface area contributed by atoms with E-state index in [4.69, 9.17) is 0 Å². The van der Waals surface area contributed by atoms with Crippen LogP contribution in [0.4, 0.5) is 0 Å². The molecular formula is C54H68N7S+. The molecule has 0 spiro atoms. The maximum absolute atomic E-state index is 4.35. The van der Waals surface area contributed by atoms with E-state index in [1.807, 2.05) is 72.8 Å². The number of pyridine rings is 4. The van der Waals surface area contributed by atoms with Crippen molar-refractivity contribution in [1.82, 2.24) is 29.3 Å². The molecule has 0 amide bonds. The second-order valence-corrected chi connectivity index (χ2v) is 20.9. The van der Waals surface area contributed by atoms with Crippen molar-refractivity contribution in [2.24, 2.45) is 0 Å². The van der Waals surface area contributed by atoms with Gasteiger partial charge in [-0.2, -0.15) is 0 Å². The lowest BCUT2D eigenvalue weighted by atomic mass is 9.85. The Hall–Kier alpha value is -5.73. The van der Waals surface area contributed by atoms with E-state index < -0.39 is 0 Å². The predicted molar refractivity (Wildman–Crippen MR) is 264 cm³/mol. The molecule has 8 heteroatoms. The Morgan fingerprint density at radius 2 is 1.26 bits per heavy atom. The van der Waals surface area contributed by atoms with Gasteiger partial charge in [-0.1, -0.05) is 131 Å². The van der Waals surface area contributed by atoms with Crippen molar-refractivity contribution in [3.63, 3.8) is 0 Å². The van der Waals surface area contributed by atoms with Crippen LogP contribution in [0.1, 0.15) is 125 Å². The molecule has 2 aromatic carbocycles. The van der Waals surface area contributed by atoms with E-state index in [-0.39, 0.29) is 21.8 Å². The normalized spacial score (nSPS) is 11.9. The molecule has 9 aromatic rings. The van der Waals surface area contributed by atoms with E-state index in [1.54, 1.807) is 12.4 Å². The highest BCUT2D eigenvalue weighted by molar-refractivity contribution is 7.17. The smallest absolute Gasteiger partial charge is 0.266 e. The lowest BCUT2D eigenvalue weighted by molar-refractivity contribution is -0.730. The molecule has 0 saturated carbocycles. The van der Waals surface area contributed by atoms with E-state index in [0.717, 1.165) is 16.8 Å². The quantitative estimate of drug-likeness (QED) is 0.167. The molecule has 0 saturated heterocycles. The van der Waals surface area contributed by atoms with E-state index >= 15 is 0 Å². The third-order valence-corrected chi connectivity index (χ3v) is 11.4. The van der Waals surface area contributed by atoms with Gasteiger partial charge in [0.15, 0.2) is 5.52 Å². The van der Waals surface area contributed by atoms with Crippen LogP contribution < -0.4 is 4.57 Å². The van der Waals surface area contributed by atoms with Gasteiger partial charge in [0.1, 0.15) is 11.2 Å². The molecule has 0 radical (unpaired) electrons. The summed E-state index contributed by atoms with van der Waals surface area (Å²) in [4.78, 5) is 20.0. The Balaban J connectivity index is 0.000000147. The van der Waals surface area contributed by atoms with E-state index in [2.05, 4.69) is 203 Å². The molecule has 7 nitrogen and oxygen atoms in total. The molecule has 0 aliphatic carbocycles. The van der Waals surface area contributed by atoms with Crippen LogP contribution in [0.15, 0.2) is 146 Å². The summed E-state index contributed by atoms with van der Waals surface area (Å²) in [6, 6.07) is 31.2. The molecule has 0 unspecified atom stereocenters. The minimum Gasteiger partial charge on any atom is -0.304 e. The van der Waals surface area contributed by atoms with Gasteiger partial charge in [-0.15, -0.1) is 11.3 Å². The molecule has 7 heterocycles. The molecular weight excluding hydrogens is 779 g/mol. The predicted octanol–water partition coefficient (Wildman–Crippen LogP) is 14.2. The van der Waals surface area contributed by atoms with Crippen LogP contribution in [-0.4, -0.2) is 29.3 Å². The summed E-state index contributed by atoms with van der Waals surface area (Å²) >= 11 is 1.84. The fourth-order valence-electron chi connectivity index (χ4n) is 6.93. The van der Waals surface area contributed by atoms with Crippen LogP contribution in [0, 0.1) is 0 Å². The number of nitrogens with zero attached hydrogens (tertiary/aromatic N) is 6. The molecule has 324 valence electrons. The topological polar surface area (TPSA) is 75.6 Å². The molecule has 0 bridgehead atoms. The second kappa shape index (κ2) is 20.0. The summed E-state index contributed by atoms with van der Waals surface area (Å²) in [7, 11) is 0. The van der Waals surface area contributed by atoms with Gasteiger partial charge < -0.3 is 4.40 Å². The zero-order valence-electron chi connectivity index (χ0n) is 39.5. The fraction of sp³-hybridized carbons (Fsp3) is 0.352. The van der Waals surface area contributed by atoms with E-state index in [9.17, 15) is 0 Å². The Bertz CT molecular complexity index is 2560. The number of imidazole rings is 2. The highest BCUT2D eigenvalue weighted by Crippen LogP contribution is 2.34. The van der Waals surface area contributed by atoms with E-state index in [1.165, 1.54) is 43.2 Å². The standard InChI is InChI=1S/C13H15N.C12H14S.C11H14N2.C10H13N3.C8H11N/c1-13(2,3)12-9-14-8-10-6-4-5-7-11(10)12;1-12(2,3)10-8-13-11-7-5-4-6-9(10)11;1-11(2,3)9-8-12-10-6-4-5-7-13(9)10;1-10(2,3)13-7-12-9-8(13)5-4-6-11-9;1-7(2)8-4-3-5-9-6-8/h4-9H,1-3H3;2*4-8H,1-3H3;4-7H,1-3H3;3-7H,1-2H3/p+1. The Morgan fingerprint density at radius 3 is 1.89 bits per heavy atom. The van der Waals surface area contributed by atoms with Crippen LogP contribution >= 0.6 is 11.3 Å². The zero-order valence-corrected chi connectivity index (χ0v) is 40.3. The van der Waals surface area contributed by atoms with Crippen molar-refractivity contribution < 1.29 is 4.57 Å². The van der Waals surface area contributed by atoms with Gasteiger partial charge in [0.25, 0.3) is 5.65 Å². The lowest BCUT2D eigenvalue weighted by Crippen LogP contribution is -2.49. The SMILES string of the molecule is CC(C)(C)[n+]1c[nH]c2ncccc21.CC(C)(C)c1cnc2ccccn12.CC(C)(C)c1cncc2ccccc12.CC(C)(C)c1csc2ccccc12.CC(C)c1cccnc1. The van der Waals surface area contributed by atoms with Crippen LogP contribution in [0.2, 0.25) is 0 Å². The maximum atomic E-state index is 4.35. The molecule has 1 N–H and O–H groups in total. The molecule has 0 aliphatic heterocycles. The Kier molecular flexibility index (Phi) is 15.2. The largest absolute Gasteiger partial charge is 0.304 e. The van der Waals surface area contributed by atoms with Crippen molar-refractivity contribution in [3.8, 4) is 0 Å². The second-order valence-electron chi connectivity index (χ2n) is 20.0. The molecule has 0 atom stereocenters. The van der Waals surface area contributed by atoms with Gasteiger partial charge in [-0.05, 0) is 107 Å². The Labute approximate surface area is 374 Å². The summed E-state index contributed by atoms with van der Waals surface area (Å²) in [5, 5.41) is 6.24. The number of thiophene rings is 1. The highest BCUT2D eigenvalue weighted by atomic mass is 32.1. The summed E-state index contributed by atoms with van der Waals surface area (Å²) in [5.41, 5.74) is 9.12. The number of benzene rings is 2. The number of H-pyrrole nitrogens is 1. The van der Waals surface area contributed by atoms with Crippen molar-refractivity contribution in [2.45, 2.75) is 125 Å². The minimum atomic E-state index is 0.0985. The number of rotatable bonds is 1. The number of aromatic nitrogens is 7. The number of hydrogen-bond acceptors (Lipinski definition) is 5. The van der Waals surface area contributed by atoms with Crippen molar-refractivity contribution in [1.29, 1.82) is 0 Å². The first-order valence-electron chi connectivity index (χ1n) is 21.6. The summed E-state index contributed by atoms with van der Waals surface area (Å²) in [5.74, 6) is 0.596. The fourth-order valence-corrected chi connectivity index (χ4v) is 8.12. The first-order chi connectivity index (χ1) is 29.2. The van der Waals surface area contributed by atoms with Gasteiger partial charge in [0.2, 0.25) is 6.33 Å². The third kappa shape index (κ3) is 12.4. The zero-order chi connectivity index (χ0) is 45.3. The average molecular weight is 847 g/mol. The van der Waals surface area contributed by atoms with Gasteiger partial charge >= 0.3 is 0 Å². The summed E-state index contributed by atoms with van der Waals surface area (Å²) < 4.78 is 5.72. The maximum Gasteiger partial charge on any atom is 0.266 e. The summed E-state index contributed by atoms with van der Waals surface area (Å²) in [6.45, 7) is 30.9. The minimum absolute atomic E-state index is 0.0985. The molecule has 0 fully saturated rings. The number of hydrogen-bond donors (Lipinski definition) is 1. The lowest BCUT2D eigenvalue weighted by Gasteiger charge is -2.20. The van der Waals surface area contributed by atoms with Crippen molar-refractivity contribution in [2.75, 3.05) is 0 Å². The van der Waals surface area contributed by atoms with Crippen LogP contribution in [0.3, 0.4) is 0 Å². The first-order valence-corrected chi connectivity index (χ1v) is 22.5. The summed E-state index contributed by atoms with van der Waals surface area (Å²) in [6.07, 6.45) is 15.4. The average Bonchev–Trinajstić information content (AvgIpc) is 3.99. The number of fused-ring (bicyclic) bond motifs is 4. The van der Waals surface area contributed by atoms with Gasteiger partial charge in [-0.25, -0.2) is 19.5 Å². The monoisotopic (exact) mass is 847 g/mol. The highest BCUT2D eigenvalue weighted by Gasteiger charge is 2.23. The van der Waals surface area contributed by atoms with Crippen LogP contribution in [-0.2, 0) is 21.8 Å². The van der Waals surface area contributed by atoms with Gasteiger partial charge in [0.05, 0.1) is 0 Å². The van der Waals surface area contributed by atoms with Crippen LogP contribution in [0.5, 0.6) is 0 Å². The van der Waals surface area contributed by atoms with Crippen LogP contribution in [0.25, 0.3) is 37.7 Å². The molecule has 9 rings (SSSR count). The van der Waals surface area contributed by atoms with E-state index in [0.29, 0.717) is 5.92 Å². The first kappa shape index (κ1) is 47.3. The van der Waals surface area contributed by atoms with Crippen molar-refractivity contribution >= 4 is 49.0 Å². The molecule has 62 heavy (non-hydrogen) atoms. The van der Waals surface area contributed by atoms with Crippen molar-refractivity contribution in [3.05, 3.63) is 168 Å². The van der Waals surface area contributed by atoms with Gasteiger partial charge in [-0.3, -0.25) is 9.97 Å². The third-order valence-electron chi connectivity index (χ3n) is 10.4. The van der Waals surface area contributed by atoms with Gasteiger partial charge in [0, 0.05) is 64.6 Å². The Morgan fingerprint density at radius 1 is 0.597 bits per heavy atom. The molecule has 0 aliphatic rings. The molecule has 7 aromatic heterocycles. The number of nitrogens with one attached hydrogen (secondary N) is 1.